The smallest absolute Gasteiger partial charge is 0.297 e. The maximum atomic E-state index is 12.7. The van der Waals surface area contributed by atoms with Gasteiger partial charge in [0.05, 0.1) is 18.1 Å². The second-order valence-electron chi connectivity index (χ2n) is 7.14. The van der Waals surface area contributed by atoms with Gasteiger partial charge in [0.2, 0.25) is 0 Å². The second-order valence-corrected chi connectivity index (χ2v) is 8.71. The summed E-state index contributed by atoms with van der Waals surface area (Å²) in [4.78, 5) is 0.199. The Balaban J connectivity index is 1.92. The van der Waals surface area contributed by atoms with Gasteiger partial charge in [0.1, 0.15) is 5.75 Å². The highest BCUT2D eigenvalue weighted by Crippen LogP contribution is 2.41. The molecule has 0 aliphatic heterocycles. The third-order valence-corrected chi connectivity index (χ3v) is 6.38. The van der Waals surface area contributed by atoms with E-state index in [0.717, 1.165) is 23.3 Å². The number of rotatable bonds is 4. The number of hydrogen-bond acceptors (Lipinski definition) is 4. The van der Waals surface area contributed by atoms with Gasteiger partial charge in [-0.15, -0.1) is 0 Å². The topological polar surface area (TPSA) is 52.6 Å². The Bertz CT molecular complexity index is 867. The standard InChI is InChI=1S/C20H24O4S/c1-14-5-10-17(11-6-14)25(21,22)24-19-12-8-15-7-9-16(23-4)13-18(15)20(19,2)3/h5-7,9-11,13,19H,8,12H2,1-4H3. The van der Waals surface area contributed by atoms with Crippen LogP contribution in [0, 0.1) is 6.92 Å². The molecule has 0 saturated carbocycles. The Hall–Kier alpha value is -1.85. The van der Waals surface area contributed by atoms with Gasteiger partial charge in [-0.25, -0.2) is 0 Å². The van der Waals surface area contributed by atoms with Crippen LogP contribution in [0.15, 0.2) is 47.4 Å². The van der Waals surface area contributed by atoms with E-state index in [0.29, 0.717) is 6.42 Å². The minimum Gasteiger partial charge on any atom is -0.497 e. The molecule has 0 spiro atoms. The first-order valence-electron chi connectivity index (χ1n) is 8.41. The molecular weight excluding hydrogens is 336 g/mol. The minimum absolute atomic E-state index is 0.199. The van der Waals surface area contributed by atoms with E-state index in [2.05, 4.69) is 6.07 Å². The van der Waals surface area contributed by atoms with Crippen molar-refractivity contribution in [2.45, 2.75) is 50.0 Å². The van der Waals surface area contributed by atoms with E-state index in [9.17, 15) is 8.42 Å². The van der Waals surface area contributed by atoms with E-state index in [-0.39, 0.29) is 4.90 Å². The van der Waals surface area contributed by atoms with Gasteiger partial charge in [0, 0.05) is 5.41 Å². The van der Waals surface area contributed by atoms with E-state index >= 15 is 0 Å². The lowest BCUT2D eigenvalue weighted by atomic mass is 9.70. The Labute approximate surface area is 149 Å². The van der Waals surface area contributed by atoms with Crippen molar-refractivity contribution in [2.75, 3.05) is 7.11 Å². The van der Waals surface area contributed by atoms with Crippen LogP contribution < -0.4 is 4.74 Å². The third kappa shape index (κ3) is 3.44. The quantitative estimate of drug-likeness (QED) is 0.773. The second kappa shape index (κ2) is 6.46. The molecule has 134 valence electrons. The normalized spacial score (nSPS) is 19.3. The summed E-state index contributed by atoms with van der Waals surface area (Å²) in [6.07, 6.45) is 1.03. The number of fused-ring (bicyclic) bond motifs is 1. The molecule has 0 bridgehead atoms. The van der Waals surface area contributed by atoms with Crippen LogP contribution in [0.25, 0.3) is 0 Å². The lowest BCUT2D eigenvalue weighted by Crippen LogP contribution is -2.41. The molecule has 5 heteroatoms. The van der Waals surface area contributed by atoms with Crippen LogP contribution in [0.3, 0.4) is 0 Å². The predicted octanol–water partition coefficient (Wildman–Crippen LogP) is 4.00. The van der Waals surface area contributed by atoms with E-state index < -0.39 is 21.6 Å². The summed E-state index contributed by atoms with van der Waals surface area (Å²) >= 11 is 0. The fraction of sp³-hybridized carbons (Fsp3) is 0.400. The molecule has 0 saturated heterocycles. The van der Waals surface area contributed by atoms with Gasteiger partial charge in [-0.3, -0.25) is 4.18 Å². The van der Waals surface area contributed by atoms with Crippen molar-refractivity contribution in [2.24, 2.45) is 0 Å². The summed E-state index contributed by atoms with van der Waals surface area (Å²) in [6, 6.07) is 12.7. The first-order valence-corrected chi connectivity index (χ1v) is 9.82. The molecule has 0 N–H and O–H groups in total. The average Bonchev–Trinajstić information content (AvgIpc) is 2.57. The van der Waals surface area contributed by atoms with Gasteiger partial charge in [0.15, 0.2) is 0 Å². The van der Waals surface area contributed by atoms with Gasteiger partial charge in [0.25, 0.3) is 10.1 Å². The molecule has 1 aliphatic carbocycles. The molecular formula is C20H24O4S. The molecule has 3 rings (SSSR count). The molecule has 1 atom stereocenters. The maximum Gasteiger partial charge on any atom is 0.297 e. The van der Waals surface area contributed by atoms with Crippen LogP contribution in [0.2, 0.25) is 0 Å². The molecule has 0 radical (unpaired) electrons. The number of aryl methyl sites for hydroxylation is 2. The summed E-state index contributed by atoms with van der Waals surface area (Å²) < 4.78 is 36.4. The number of ether oxygens (including phenoxy) is 1. The van der Waals surface area contributed by atoms with Crippen molar-refractivity contribution in [3.63, 3.8) is 0 Å². The van der Waals surface area contributed by atoms with Crippen LogP contribution in [0.5, 0.6) is 5.75 Å². The fourth-order valence-corrected chi connectivity index (χ4v) is 4.63. The molecule has 4 nitrogen and oxygen atoms in total. The first-order chi connectivity index (χ1) is 11.7. The van der Waals surface area contributed by atoms with Crippen molar-refractivity contribution in [1.82, 2.24) is 0 Å². The molecule has 0 fully saturated rings. The molecule has 2 aromatic rings. The van der Waals surface area contributed by atoms with Crippen molar-refractivity contribution in [3.8, 4) is 5.75 Å². The zero-order valence-corrected chi connectivity index (χ0v) is 15.9. The zero-order chi connectivity index (χ0) is 18.2. The van der Waals surface area contributed by atoms with Crippen molar-refractivity contribution >= 4 is 10.1 Å². The number of hydrogen-bond donors (Lipinski definition) is 0. The van der Waals surface area contributed by atoms with Gasteiger partial charge < -0.3 is 4.74 Å². The highest BCUT2D eigenvalue weighted by atomic mass is 32.2. The van der Waals surface area contributed by atoms with Crippen molar-refractivity contribution in [3.05, 3.63) is 59.2 Å². The summed E-state index contributed by atoms with van der Waals surface area (Å²) in [5.41, 5.74) is 2.89. The van der Waals surface area contributed by atoms with Gasteiger partial charge in [-0.2, -0.15) is 8.42 Å². The molecule has 0 amide bonds. The van der Waals surface area contributed by atoms with E-state index in [1.807, 2.05) is 32.9 Å². The SMILES string of the molecule is COc1ccc2c(c1)C(C)(C)C(OS(=O)(=O)c1ccc(C)cc1)CC2. The summed E-state index contributed by atoms with van der Waals surface area (Å²) in [5.74, 6) is 0.772. The third-order valence-electron chi connectivity index (χ3n) is 5.04. The van der Waals surface area contributed by atoms with Crippen LogP contribution in [-0.2, 0) is 26.1 Å². The van der Waals surface area contributed by atoms with Gasteiger partial charge in [-0.1, -0.05) is 37.6 Å². The van der Waals surface area contributed by atoms with Crippen molar-refractivity contribution in [1.29, 1.82) is 0 Å². The Morgan fingerprint density at radius 1 is 1.08 bits per heavy atom. The summed E-state index contributed by atoms with van der Waals surface area (Å²) in [6.45, 7) is 5.98. The molecule has 0 aromatic heterocycles. The molecule has 1 unspecified atom stereocenters. The first kappa shape index (κ1) is 18.0. The Kier molecular flexibility index (Phi) is 4.64. The highest BCUT2D eigenvalue weighted by molar-refractivity contribution is 7.86. The fourth-order valence-electron chi connectivity index (χ4n) is 3.40. The monoisotopic (exact) mass is 360 g/mol. The maximum absolute atomic E-state index is 12.7. The van der Waals surface area contributed by atoms with Gasteiger partial charge in [-0.05, 0) is 55.2 Å². The highest BCUT2D eigenvalue weighted by Gasteiger charge is 2.40. The molecule has 0 heterocycles. The van der Waals surface area contributed by atoms with Crippen LogP contribution in [-0.4, -0.2) is 21.6 Å². The summed E-state index contributed by atoms with van der Waals surface area (Å²) in [7, 11) is -2.16. The van der Waals surface area contributed by atoms with Crippen LogP contribution in [0.4, 0.5) is 0 Å². The van der Waals surface area contributed by atoms with E-state index in [1.54, 1.807) is 31.4 Å². The Morgan fingerprint density at radius 3 is 2.40 bits per heavy atom. The lowest BCUT2D eigenvalue weighted by Gasteiger charge is -2.39. The number of benzene rings is 2. The lowest BCUT2D eigenvalue weighted by molar-refractivity contribution is 0.114. The van der Waals surface area contributed by atoms with Crippen LogP contribution >= 0.6 is 0 Å². The largest absolute Gasteiger partial charge is 0.497 e. The number of methoxy groups -OCH3 is 1. The zero-order valence-electron chi connectivity index (χ0n) is 15.1. The molecule has 25 heavy (non-hydrogen) atoms. The minimum atomic E-state index is -3.80. The van der Waals surface area contributed by atoms with Crippen molar-refractivity contribution < 1.29 is 17.3 Å². The predicted molar refractivity (Wildman–Crippen MR) is 97.6 cm³/mol. The Morgan fingerprint density at radius 2 is 1.76 bits per heavy atom. The van der Waals surface area contributed by atoms with Crippen LogP contribution in [0.1, 0.15) is 37.0 Å². The summed E-state index contributed by atoms with van der Waals surface area (Å²) in [5, 5.41) is 0. The molecule has 1 aliphatic rings. The van der Waals surface area contributed by atoms with E-state index in [4.69, 9.17) is 8.92 Å². The molecule has 2 aromatic carbocycles. The van der Waals surface area contributed by atoms with Gasteiger partial charge >= 0.3 is 0 Å². The average molecular weight is 360 g/mol. The van der Waals surface area contributed by atoms with E-state index in [1.165, 1.54) is 5.56 Å².